The zero-order chi connectivity index (χ0) is 19.9. The van der Waals surface area contributed by atoms with Crippen molar-refractivity contribution >= 4 is 34.5 Å². The SMILES string of the molecule is O=C(COc1ccccc1Cl)N/N=C\c1c(OC(F)F)ccc2ccccc12. The number of benzene rings is 3. The van der Waals surface area contributed by atoms with Crippen LogP contribution in [0.3, 0.4) is 0 Å². The van der Waals surface area contributed by atoms with Crippen LogP contribution in [0, 0.1) is 0 Å². The van der Waals surface area contributed by atoms with Gasteiger partial charge in [-0.15, -0.1) is 0 Å². The van der Waals surface area contributed by atoms with Gasteiger partial charge < -0.3 is 9.47 Å². The molecule has 0 bridgehead atoms. The molecule has 3 rings (SSSR count). The van der Waals surface area contributed by atoms with E-state index in [9.17, 15) is 13.6 Å². The van der Waals surface area contributed by atoms with Gasteiger partial charge in [-0.3, -0.25) is 4.79 Å². The van der Waals surface area contributed by atoms with Crippen LogP contribution in [0.2, 0.25) is 5.02 Å². The monoisotopic (exact) mass is 404 g/mol. The predicted octanol–water partition coefficient (Wildman–Crippen LogP) is 4.62. The summed E-state index contributed by atoms with van der Waals surface area (Å²) in [6, 6.07) is 17.0. The zero-order valence-corrected chi connectivity index (χ0v) is 15.2. The second-order valence-corrected chi connectivity index (χ2v) is 6.00. The number of nitrogens with one attached hydrogen (secondary N) is 1. The molecule has 0 aliphatic heterocycles. The van der Waals surface area contributed by atoms with Gasteiger partial charge >= 0.3 is 6.61 Å². The second-order valence-electron chi connectivity index (χ2n) is 5.59. The van der Waals surface area contributed by atoms with Gasteiger partial charge in [0.15, 0.2) is 6.61 Å². The van der Waals surface area contributed by atoms with Gasteiger partial charge in [0.05, 0.1) is 11.2 Å². The number of carbonyl (C=O) groups excluding carboxylic acids is 1. The third-order valence-corrected chi connectivity index (χ3v) is 4.04. The maximum absolute atomic E-state index is 12.7. The van der Waals surface area contributed by atoms with Crippen molar-refractivity contribution < 1.29 is 23.0 Å². The number of carbonyl (C=O) groups is 1. The third kappa shape index (κ3) is 4.95. The number of para-hydroxylation sites is 1. The summed E-state index contributed by atoms with van der Waals surface area (Å²) in [5, 5.41) is 5.69. The van der Waals surface area contributed by atoms with Crippen molar-refractivity contribution in [1.82, 2.24) is 5.43 Å². The fraction of sp³-hybridized carbons (Fsp3) is 0.100. The van der Waals surface area contributed by atoms with Crippen LogP contribution in [0.5, 0.6) is 11.5 Å². The first-order valence-electron chi connectivity index (χ1n) is 8.20. The van der Waals surface area contributed by atoms with E-state index < -0.39 is 12.5 Å². The lowest BCUT2D eigenvalue weighted by molar-refractivity contribution is -0.123. The number of hydrogen-bond donors (Lipinski definition) is 1. The molecule has 0 saturated carbocycles. The minimum atomic E-state index is -2.98. The summed E-state index contributed by atoms with van der Waals surface area (Å²) in [6.07, 6.45) is 1.26. The maximum Gasteiger partial charge on any atom is 0.387 e. The Morgan fingerprint density at radius 3 is 2.61 bits per heavy atom. The van der Waals surface area contributed by atoms with Crippen LogP contribution in [0.4, 0.5) is 8.78 Å². The molecule has 1 amide bonds. The highest BCUT2D eigenvalue weighted by Crippen LogP contribution is 2.28. The lowest BCUT2D eigenvalue weighted by Gasteiger charge is -2.10. The van der Waals surface area contributed by atoms with Crippen molar-refractivity contribution in [2.45, 2.75) is 6.61 Å². The summed E-state index contributed by atoms with van der Waals surface area (Å²) in [6.45, 7) is -3.29. The predicted molar refractivity (Wildman–Crippen MR) is 103 cm³/mol. The van der Waals surface area contributed by atoms with Crippen LogP contribution in [0.1, 0.15) is 5.56 Å². The summed E-state index contributed by atoms with van der Waals surface area (Å²) >= 11 is 5.95. The van der Waals surface area contributed by atoms with E-state index in [4.69, 9.17) is 16.3 Å². The van der Waals surface area contributed by atoms with Gasteiger partial charge in [0, 0.05) is 5.56 Å². The molecule has 144 valence electrons. The zero-order valence-electron chi connectivity index (χ0n) is 14.4. The van der Waals surface area contributed by atoms with Crippen LogP contribution in [-0.4, -0.2) is 25.3 Å². The van der Waals surface area contributed by atoms with Crippen molar-refractivity contribution in [3.05, 3.63) is 71.2 Å². The van der Waals surface area contributed by atoms with E-state index in [0.717, 1.165) is 5.39 Å². The fourth-order valence-corrected chi connectivity index (χ4v) is 2.70. The number of fused-ring (bicyclic) bond motifs is 1. The van der Waals surface area contributed by atoms with Crippen molar-refractivity contribution in [2.24, 2.45) is 5.10 Å². The van der Waals surface area contributed by atoms with Crippen LogP contribution in [0.25, 0.3) is 10.8 Å². The molecule has 0 aliphatic carbocycles. The molecule has 0 atom stereocenters. The molecular formula is C20H15ClF2N2O3. The summed E-state index contributed by atoms with van der Waals surface area (Å²) in [5.41, 5.74) is 2.61. The highest BCUT2D eigenvalue weighted by molar-refractivity contribution is 6.32. The number of amides is 1. The molecule has 8 heteroatoms. The average Bonchev–Trinajstić information content (AvgIpc) is 2.68. The van der Waals surface area contributed by atoms with E-state index in [-0.39, 0.29) is 12.4 Å². The molecule has 0 aliphatic rings. The number of rotatable bonds is 7. The molecule has 0 heterocycles. The molecular weight excluding hydrogens is 390 g/mol. The van der Waals surface area contributed by atoms with Gasteiger partial charge in [-0.25, -0.2) is 5.43 Å². The minimum Gasteiger partial charge on any atom is -0.482 e. The molecule has 3 aromatic rings. The third-order valence-electron chi connectivity index (χ3n) is 3.73. The molecule has 0 fully saturated rings. The molecule has 0 spiro atoms. The molecule has 1 N–H and O–H groups in total. The molecule has 0 radical (unpaired) electrons. The summed E-state index contributed by atoms with van der Waals surface area (Å²) in [4.78, 5) is 11.9. The first-order chi connectivity index (χ1) is 13.5. The molecule has 0 unspecified atom stereocenters. The van der Waals surface area contributed by atoms with Gasteiger partial charge in [-0.05, 0) is 29.0 Å². The normalized spacial score (nSPS) is 11.1. The number of alkyl halides is 2. The van der Waals surface area contributed by atoms with Crippen LogP contribution in [0.15, 0.2) is 65.8 Å². The van der Waals surface area contributed by atoms with Gasteiger partial charge in [0.2, 0.25) is 0 Å². The standard InChI is InChI=1S/C20H15ClF2N2O3/c21-16-7-3-4-8-18(16)27-12-19(26)25-24-11-15-14-6-2-1-5-13(14)9-10-17(15)28-20(22)23/h1-11,20H,12H2,(H,25,26)/b24-11-. The van der Waals surface area contributed by atoms with Crippen molar-refractivity contribution in [2.75, 3.05) is 6.61 Å². The van der Waals surface area contributed by atoms with Crippen molar-refractivity contribution in [1.29, 1.82) is 0 Å². The fourth-order valence-electron chi connectivity index (χ4n) is 2.51. The second kappa shape index (κ2) is 9.14. The Labute approximate surface area is 164 Å². The van der Waals surface area contributed by atoms with E-state index in [1.807, 2.05) is 12.1 Å². The van der Waals surface area contributed by atoms with E-state index in [0.29, 0.717) is 21.7 Å². The summed E-state index contributed by atoms with van der Waals surface area (Å²) in [5.74, 6) is -0.211. The van der Waals surface area contributed by atoms with Crippen molar-refractivity contribution in [3.8, 4) is 11.5 Å². The Kier molecular flexibility index (Phi) is 6.39. The highest BCUT2D eigenvalue weighted by Gasteiger charge is 2.12. The maximum atomic E-state index is 12.7. The number of ether oxygens (including phenoxy) is 2. The Bertz CT molecular complexity index is 1010. The molecule has 3 aromatic carbocycles. The van der Waals surface area contributed by atoms with E-state index >= 15 is 0 Å². The Morgan fingerprint density at radius 2 is 1.82 bits per heavy atom. The summed E-state index contributed by atoms with van der Waals surface area (Å²) in [7, 11) is 0. The lowest BCUT2D eigenvalue weighted by atomic mass is 10.0. The van der Waals surface area contributed by atoms with Crippen molar-refractivity contribution in [3.63, 3.8) is 0 Å². The Balaban J connectivity index is 1.71. The molecule has 0 saturated heterocycles. The average molecular weight is 405 g/mol. The summed E-state index contributed by atoms with van der Waals surface area (Å²) < 4.78 is 35.2. The van der Waals surface area contributed by atoms with Crippen LogP contribution < -0.4 is 14.9 Å². The Morgan fingerprint density at radius 1 is 1.07 bits per heavy atom. The van der Waals surface area contributed by atoms with E-state index in [1.165, 1.54) is 12.3 Å². The number of nitrogens with zero attached hydrogens (tertiary/aromatic N) is 1. The quantitative estimate of drug-likeness (QED) is 0.461. The molecule has 28 heavy (non-hydrogen) atoms. The number of hydrogen-bond acceptors (Lipinski definition) is 4. The van der Waals surface area contributed by atoms with Gasteiger partial charge in [-0.2, -0.15) is 13.9 Å². The van der Waals surface area contributed by atoms with E-state index in [1.54, 1.807) is 42.5 Å². The molecule has 5 nitrogen and oxygen atoms in total. The largest absolute Gasteiger partial charge is 0.482 e. The number of hydrazone groups is 1. The lowest BCUT2D eigenvalue weighted by Crippen LogP contribution is -2.24. The first kappa shape index (κ1) is 19.6. The highest BCUT2D eigenvalue weighted by atomic mass is 35.5. The topological polar surface area (TPSA) is 59.9 Å². The minimum absolute atomic E-state index is 0.0426. The van der Waals surface area contributed by atoms with Gasteiger partial charge in [0.25, 0.3) is 5.91 Å². The smallest absolute Gasteiger partial charge is 0.387 e. The van der Waals surface area contributed by atoms with Gasteiger partial charge in [0.1, 0.15) is 11.5 Å². The van der Waals surface area contributed by atoms with Crippen LogP contribution >= 0.6 is 11.6 Å². The van der Waals surface area contributed by atoms with E-state index in [2.05, 4.69) is 15.3 Å². The number of halogens is 3. The Hall–Kier alpha value is -3.19. The first-order valence-corrected chi connectivity index (χ1v) is 8.58. The molecule has 0 aromatic heterocycles. The van der Waals surface area contributed by atoms with Crippen LogP contribution in [-0.2, 0) is 4.79 Å². The van der Waals surface area contributed by atoms with Gasteiger partial charge in [-0.1, -0.05) is 54.1 Å².